The van der Waals surface area contributed by atoms with Crippen LogP contribution in [0.3, 0.4) is 0 Å². The highest BCUT2D eigenvalue weighted by Crippen LogP contribution is 2.24. The molecule has 12 heavy (non-hydrogen) atoms. The van der Waals surface area contributed by atoms with Gasteiger partial charge in [0.25, 0.3) is 0 Å². The lowest BCUT2D eigenvalue weighted by Crippen LogP contribution is -2.05. The lowest BCUT2D eigenvalue weighted by atomic mass is 10.0. The normalized spacial score (nSPS) is 11.1. The van der Waals surface area contributed by atoms with Crippen molar-refractivity contribution in [3.63, 3.8) is 0 Å². The van der Waals surface area contributed by atoms with Gasteiger partial charge in [-0.2, -0.15) is 0 Å². The van der Waals surface area contributed by atoms with Gasteiger partial charge in [-0.15, -0.1) is 0 Å². The molecule has 0 radical (unpaired) electrons. The van der Waals surface area contributed by atoms with Crippen molar-refractivity contribution in [1.82, 2.24) is 9.55 Å². The van der Waals surface area contributed by atoms with E-state index in [2.05, 4.69) is 18.8 Å². The van der Waals surface area contributed by atoms with Gasteiger partial charge in [-0.25, -0.2) is 4.98 Å². The maximum atomic E-state index is 5.89. The average molecular weight is 205 g/mol. The third-order valence-corrected chi connectivity index (χ3v) is 2.34. The van der Waals surface area contributed by atoms with Crippen molar-refractivity contribution in [2.45, 2.75) is 26.2 Å². The van der Waals surface area contributed by atoms with Gasteiger partial charge in [0.05, 0.1) is 5.69 Å². The summed E-state index contributed by atoms with van der Waals surface area (Å²) < 4.78 is 1.95. The van der Waals surface area contributed by atoms with Gasteiger partial charge < -0.3 is 4.57 Å². The summed E-state index contributed by atoms with van der Waals surface area (Å²) in [7, 11) is 2.04. The fourth-order valence-electron chi connectivity index (χ4n) is 1.25. The second kappa shape index (κ2) is 3.71. The van der Waals surface area contributed by atoms with E-state index in [0.717, 1.165) is 12.0 Å². The van der Waals surface area contributed by atoms with E-state index in [9.17, 15) is 0 Å². The van der Waals surface area contributed by atoms with Crippen LogP contribution in [0.1, 0.15) is 25.6 Å². The topological polar surface area (TPSA) is 17.8 Å². The third-order valence-electron chi connectivity index (χ3n) is 1.77. The van der Waals surface area contributed by atoms with E-state index < -0.39 is 0 Å². The summed E-state index contributed by atoms with van der Waals surface area (Å²) in [4.78, 5) is 4.00. The Morgan fingerprint density at radius 1 is 1.50 bits per heavy atom. The zero-order chi connectivity index (χ0) is 9.30. The van der Waals surface area contributed by atoms with E-state index in [1.165, 1.54) is 0 Å². The molecule has 1 aromatic rings. The molecule has 1 aromatic heterocycles. The van der Waals surface area contributed by atoms with E-state index >= 15 is 0 Å². The number of aromatic nitrogens is 2. The van der Waals surface area contributed by atoms with Crippen molar-refractivity contribution in [3.8, 4) is 0 Å². The molecule has 0 unspecified atom stereocenters. The van der Waals surface area contributed by atoms with Crippen LogP contribution in [-0.4, -0.2) is 17.4 Å². The highest BCUT2D eigenvalue weighted by Gasteiger charge is 2.14. The molecule has 0 saturated carbocycles. The van der Waals surface area contributed by atoms with Crippen LogP contribution < -0.4 is 0 Å². The first-order chi connectivity index (χ1) is 5.57. The molecule has 5 heteroatoms. The summed E-state index contributed by atoms with van der Waals surface area (Å²) in [5, 5.41) is 1.00. The Labute approximate surface area is 83.3 Å². The minimum absolute atomic E-state index is 0.312. The molecule has 0 aromatic carbocycles. The maximum Gasteiger partial charge on any atom is 0.204 e. The first-order valence-corrected chi connectivity index (χ1v) is 4.75. The Balaban J connectivity index is 3.23. The Morgan fingerprint density at radius 3 is 2.42 bits per heavy atom. The minimum atomic E-state index is 0.312. The summed E-state index contributed by atoms with van der Waals surface area (Å²) >= 11 is 11.8. The highest BCUT2D eigenvalue weighted by molar-refractivity contribution is 6.33. The fraction of sp³-hybridized carbons (Fsp3) is 0.571. The molecule has 0 saturated heterocycles. The van der Waals surface area contributed by atoms with Gasteiger partial charge in [-0.05, 0) is 31.8 Å². The Hall–Kier alpha value is -0.145. The number of hydrogen-bond donors (Lipinski definition) is 0. The first kappa shape index (κ1) is 9.94. The van der Waals surface area contributed by atoms with Crippen LogP contribution in [0.5, 0.6) is 0 Å². The molecule has 0 fully saturated rings. The molecule has 0 amide bonds. The average Bonchev–Trinajstić information content (AvgIpc) is 2.24. The van der Waals surface area contributed by atoms with E-state index in [1.807, 2.05) is 12.4 Å². The summed E-state index contributed by atoms with van der Waals surface area (Å²) in [5.74, 6) is 0. The van der Waals surface area contributed by atoms with Crippen molar-refractivity contribution in [2.24, 2.45) is 0 Å². The van der Waals surface area contributed by atoms with Crippen LogP contribution in [-0.2, 0) is 6.32 Å². The Kier molecular flexibility index (Phi) is 3.07. The molecule has 0 bridgehead atoms. The molecule has 0 aliphatic carbocycles. The van der Waals surface area contributed by atoms with Crippen LogP contribution in [0.15, 0.2) is 0 Å². The second-order valence-corrected chi connectivity index (χ2v) is 3.63. The van der Waals surface area contributed by atoms with Crippen LogP contribution in [0.2, 0.25) is 10.4 Å². The summed E-state index contributed by atoms with van der Waals surface area (Å²) in [6, 6.07) is 0.312. The van der Waals surface area contributed by atoms with Crippen molar-refractivity contribution >= 4 is 31.0 Å². The number of nitrogens with zero attached hydrogens (tertiary/aromatic N) is 2. The quantitative estimate of drug-likeness (QED) is 0.674. The van der Waals surface area contributed by atoms with E-state index in [4.69, 9.17) is 23.2 Å². The molecule has 0 atom stereocenters. The fourth-order valence-corrected chi connectivity index (χ4v) is 1.98. The SMILES string of the molecule is BCc1c(Cl)nc(Cl)n1C(C)C. The number of rotatable bonds is 2. The molecular weight excluding hydrogens is 194 g/mol. The monoisotopic (exact) mass is 204 g/mol. The largest absolute Gasteiger partial charge is 0.316 e. The van der Waals surface area contributed by atoms with Crippen molar-refractivity contribution in [1.29, 1.82) is 0 Å². The first-order valence-electron chi connectivity index (χ1n) is 4.00. The number of imidazole rings is 1. The molecule has 0 N–H and O–H groups in total. The zero-order valence-corrected chi connectivity index (χ0v) is 8.95. The van der Waals surface area contributed by atoms with Crippen molar-refractivity contribution in [2.75, 3.05) is 0 Å². The third kappa shape index (κ3) is 1.62. The lowest BCUT2D eigenvalue weighted by Gasteiger charge is -2.11. The second-order valence-electron chi connectivity index (χ2n) is 2.94. The maximum absolute atomic E-state index is 5.89. The molecule has 0 aliphatic rings. The predicted molar refractivity (Wildman–Crippen MR) is 54.9 cm³/mol. The van der Waals surface area contributed by atoms with Crippen LogP contribution in [0.4, 0.5) is 0 Å². The Bertz CT molecular complexity index is 283. The molecular formula is C7H11BCl2N2. The van der Waals surface area contributed by atoms with Crippen LogP contribution in [0, 0.1) is 0 Å². The molecule has 66 valence electrons. The van der Waals surface area contributed by atoms with Gasteiger partial charge in [0.2, 0.25) is 5.28 Å². The summed E-state index contributed by atoms with van der Waals surface area (Å²) in [5.41, 5.74) is 1.01. The summed E-state index contributed by atoms with van der Waals surface area (Å²) in [6.45, 7) is 4.12. The van der Waals surface area contributed by atoms with Gasteiger partial charge in [0.15, 0.2) is 5.15 Å². The number of hydrogen-bond acceptors (Lipinski definition) is 1. The van der Waals surface area contributed by atoms with E-state index in [0.29, 0.717) is 16.5 Å². The lowest BCUT2D eigenvalue weighted by molar-refractivity contribution is 0.584. The molecule has 0 spiro atoms. The van der Waals surface area contributed by atoms with Crippen molar-refractivity contribution < 1.29 is 0 Å². The summed E-state index contributed by atoms with van der Waals surface area (Å²) in [6.07, 6.45) is 0.858. The minimum Gasteiger partial charge on any atom is -0.316 e. The number of halogens is 2. The predicted octanol–water partition coefficient (Wildman–Crippen LogP) is 1.90. The standard InChI is InChI=1S/C7H11BCl2N2/c1-4(2)12-5(3-8)6(9)11-7(12)10/h4H,3,8H2,1-2H3. The molecule has 1 rings (SSSR count). The molecule has 1 heterocycles. The van der Waals surface area contributed by atoms with Crippen molar-refractivity contribution in [3.05, 3.63) is 16.1 Å². The Morgan fingerprint density at radius 2 is 2.08 bits per heavy atom. The molecule has 2 nitrogen and oxygen atoms in total. The van der Waals surface area contributed by atoms with Gasteiger partial charge in [0, 0.05) is 6.04 Å². The van der Waals surface area contributed by atoms with Gasteiger partial charge in [-0.1, -0.05) is 11.6 Å². The van der Waals surface area contributed by atoms with E-state index in [-0.39, 0.29) is 0 Å². The highest BCUT2D eigenvalue weighted by atomic mass is 35.5. The van der Waals surface area contributed by atoms with Gasteiger partial charge in [-0.3, -0.25) is 0 Å². The van der Waals surface area contributed by atoms with Gasteiger partial charge >= 0.3 is 0 Å². The van der Waals surface area contributed by atoms with Gasteiger partial charge in [0.1, 0.15) is 7.85 Å². The smallest absolute Gasteiger partial charge is 0.204 e. The van der Waals surface area contributed by atoms with Crippen LogP contribution in [0.25, 0.3) is 0 Å². The zero-order valence-electron chi connectivity index (χ0n) is 7.43. The van der Waals surface area contributed by atoms with E-state index in [1.54, 1.807) is 0 Å². The molecule has 0 aliphatic heterocycles. The van der Waals surface area contributed by atoms with Crippen LogP contribution >= 0.6 is 23.2 Å².